The molecule has 0 amide bonds. The Kier molecular flexibility index (Phi) is 8.67. The molecule has 1 aliphatic carbocycles. The van der Waals surface area contributed by atoms with Crippen LogP contribution in [0.1, 0.15) is 18.1 Å². The minimum absolute atomic E-state index is 0.0934. The highest BCUT2D eigenvalue weighted by Gasteiger charge is 2.24. The van der Waals surface area contributed by atoms with E-state index in [0.717, 1.165) is 5.56 Å². The molecule has 38 heavy (non-hydrogen) atoms. The van der Waals surface area contributed by atoms with Crippen LogP contribution in [0.4, 0.5) is 5.82 Å². The number of ketones is 2. The molecule has 1 heterocycles. The molecule has 0 radical (unpaired) electrons. The van der Waals surface area contributed by atoms with Crippen molar-refractivity contribution in [3.05, 3.63) is 77.9 Å². The van der Waals surface area contributed by atoms with Crippen molar-refractivity contribution in [2.75, 3.05) is 46.3 Å². The van der Waals surface area contributed by atoms with Crippen LogP contribution in [0.3, 0.4) is 0 Å². The maximum Gasteiger partial charge on any atom is 0.204 e. The fourth-order valence-corrected chi connectivity index (χ4v) is 4.02. The summed E-state index contributed by atoms with van der Waals surface area (Å²) in [6.45, 7) is 1.15. The number of aromatic nitrogens is 2. The molecule has 1 aromatic heterocycles. The van der Waals surface area contributed by atoms with Crippen LogP contribution in [-0.4, -0.2) is 72.6 Å². The second-order valence-electron chi connectivity index (χ2n) is 8.66. The molecular weight excluding hydrogens is 488 g/mol. The number of carbonyl (C=O) groups excluding carboxylic acids is 2. The number of nitrogens with one attached hydrogen (secondary N) is 1. The van der Waals surface area contributed by atoms with E-state index in [2.05, 4.69) is 15.3 Å². The highest BCUT2D eigenvalue weighted by atomic mass is 16.5. The number of allylic oxidation sites excluding steroid dienone is 2. The summed E-state index contributed by atoms with van der Waals surface area (Å²) in [4.78, 5) is 36.1. The van der Waals surface area contributed by atoms with E-state index in [1.54, 1.807) is 31.2 Å². The number of benzene rings is 2. The van der Waals surface area contributed by atoms with Crippen molar-refractivity contribution in [2.24, 2.45) is 0 Å². The number of fused-ring (bicyclic) bond motifs is 1. The number of anilines is 1. The second-order valence-corrected chi connectivity index (χ2v) is 8.66. The number of rotatable bonds is 12. The van der Waals surface area contributed by atoms with E-state index in [1.165, 1.54) is 25.6 Å². The topological polar surface area (TPSA) is 123 Å². The van der Waals surface area contributed by atoms with E-state index < -0.39 is 6.10 Å². The van der Waals surface area contributed by atoms with Crippen LogP contribution in [0.15, 0.2) is 72.3 Å². The van der Waals surface area contributed by atoms with Gasteiger partial charge < -0.3 is 29.5 Å². The normalized spacial score (nSPS) is 14.1. The lowest BCUT2D eigenvalue weighted by molar-refractivity contribution is -0.116. The van der Waals surface area contributed by atoms with Crippen molar-refractivity contribution in [3.8, 4) is 11.5 Å². The van der Waals surface area contributed by atoms with Crippen molar-refractivity contribution in [2.45, 2.75) is 12.5 Å². The molecule has 0 aliphatic heterocycles. The summed E-state index contributed by atoms with van der Waals surface area (Å²) in [5, 5.41) is 14.0. The van der Waals surface area contributed by atoms with Gasteiger partial charge in [-0.15, -0.1) is 0 Å². The second kappa shape index (κ2) is 12.3. The molecule has 10 nitrogen and oxygen atoms in total. The number of ether oxygens (including phenoxy) is 3. The first-order valence-electron chi connectivity index (χ1n) is 12.1. The molecule has 1 aliphatic rings. The molecule has 1 unspecified atom stereocenters. The van der Waals surface area contributed by atoms with E-state index in [1.807, 2.05) is 30.3 Å². The van der Waals surface area contributed by atoms with Gasteiger partial charge in [-0.25, -0.2) is 9.97 Å². The Hall–Kier alpha value is -4.28. The Labute approximate surface area is 220 Å². The molecule has 1 atom stereocenters. The van der Waals surface area contributed by atoms with E-state index in [4.69, 9.17) is 14.2 Å². The highest BCUT2D eigenvalue weighted by molar-refractivity contribution is 6.21. The number of likely N-dealkylation sites (N-methyl/N-ethyl adjacent to an activating group) is 1. The lowest BCUT2D eigenvalue weighted by Crippen LogP contribution is -2.29. The zero-order valence-corrected chi connectivity index (χ0v) is 21.5. The van der Waals surface area contributed by atoms with E-state index in [0.29, 0.717) is 54.4 Å². The SMILES string of the molecule is COCCOc1cc2ncnc(NC3=CC(=O)C(N(C)CCC(O)c4ccccc4)=CC3=O)c2cc1OC. The Morgan fingerprint density at radius 2 is 1.79 bits per heavy atom. The largest absolute Gasteiger partial charge is 0.493 e. The molecule has 198 valence electrons. The maximum absolute atomic E-state index is 12.9. The van der Waals surface area contributed by atoms with Gasteiger partial charge >= 0.3 is 0 Å². The minimum Gasteiger partial charge on any atom is -0.493 e. The zero-order valence-electron chi connectivity index (χ0n) is 21.5. The number of methoxy groups -OCH3 is 2. The molecule has 0 saturated heterocycles. The average molecular weight is 519 g/mol. The number of aliphatic hydroxyl groups is 1. The van der Waals surface area contributed by atoms with Crippen molar-refractivity contribution in [1.29, 1.82) is 0 Å². The van der Waals surface area contributed by atoms with Gasteiger partial charge in [0, 0.05) is 44.3 Å². The third kappa shape index (κ3) is 6.16. The molecule has 0 bridgehead atoms. The number of hydrogen-bond donors (Lipinski definition) is 2. The number of hydrogen-bond acceptors (Lipinski definition) is 10. The third-order valence-electron chi connectivity index (χ3n) is 6.11. The van der Waals surface area contributed by atoms with Crippen LogP contribution in [0.25, 0.3) is 10.9 Å². The van der Waals surface area contributed by atoms with Gasteiger partial charge in [0.2, 0.25) is 11.6 Å². The zero-order chi connectivity index (χ0) is 27.1. The van der Waals surface area contributed by atoms with Gasteiger partial charge in [0.25, 0.3) is 0 Å². The Morgan fingerprint density at radius 3 is 2.53 bits per heavy atom. The van der Waals surface area contributed by atoms with Crippen molar-refractivity contribution < 1.29 is 28.9 Å². The molecule has 2 N–H and O–H groups in total. The summed E-state index contributed by atoms with van der Waals surface area (Å²) in [5.41, 5.74) is 1.72. The van der Waals surface area contributed by atoms with Crippen LogP contribution in [0.2, 0.25) is 0 Å². The molecule has 10 heteroatoms. The summed E-state index contributed by atoms with van der Waals surface area (Å²) in [6, 6.07) is 12.7. The Balaban J connectivity index is 1.47. The van der Waals surface area contributed by atoms with Crippen LogP contribution in [0, 0.1) is 0 Å². The Bertz CT molecular complexity index is 1370. The van der Waals surface area contributed by atoms with Gasteiger partial charge in [-0.2, -0.15) is 0 Å². The van der Waals surface area contributed by atoms with Gasteiger partial charge in [-0.05, 0) is 18.1 Å². The molecular formula is C28H30N4O6. The first kappa shape index (κ1) is 26.8. The monoisotopic (exact) mass is 518 g/mol. The third-order valence-corrected chi connectivity index (χ3v) is 6.11. The molecule has 0 spiro atoms. The van der Waals surface area contributed by atoms with E-state index in [9.17, 15) is 14.7 Å². The van der Waals surface area contributed by atoms with E-state index in [-0.39, 0.29) is 23.0 Å². The number of carbonyl (C=O) groups is 2. The molecule has 3 aromatic rings. The van der Waals surface area contributed by atoms with Gasteiger partial charge in [0.1, 0.15) is 18.8 Å². The summed E-state index contributed by atoms with van der Waals surface area (Å²) < 4.78 is 16.2. The van der Waals surface area contributed by atoms with Crippen LogP contribution < -0.4 is 14.8 Å². The van der Waals surface area contributed by atoms with E-state index >= 15 is 0 Å². The lowest BCUT2D eigenvalue weighted by atomic mass is 10.0. The predicted molar refractivity (Wildman–Crippen MR) is 142 cm³/mol. The predicted octanol–water partition coefficient (Wildman–Crippen LogP) is 3.05. The number of aliphatic hydroxyl groups excluding tert-OH is 1. The first-order valence-corrected chi connectivity index (χ1v) is 12.1. The van der Waals surface area contributed by atoms with Crippen molar-refractivity contribution in [3.63, 3.8) is 0 Å². The smallest absolute Gasteiger partial charge is 0.204 e. The van der Waals surface area contributed by atoms with Gasteiger partial charge in [-0.1, -0.05) is 30.3 Å². The van der Waals surface area contributed by atoms with Gasteiger partial charge in [0.15, 0.2) is 11.5 Å². The maximum atomic E-state index is 12.9. The molecule has 0 fully saturated rings. The summed E-state index contributed by atoms with van der Waals surface area (Å²) in [5.74, 6) is 0.619. The molecule has 0 saturated carbocycles. The highest BCUT2D eigenvalue weighted by Crippen LogP contribution is 2.34. The first-order chi connectivity index (χ1) is 18.4. The molecule has 4 rings (SSSR count). The fraction of sp³-hybridized carbons (Fsp3) is 0.286. The van der Waals surface area contributed by atoms with Gasteiger partial charge in [0.05, 0.1) is 36.7 Å². The van der Waals surface area contributed by atoms with Crippen LogP contribution in [0.5, 0.6) is 11.5 Å². The fourth-order valence-electron chi connectivity index (χ4n) is 4.02. The summed E-state index contributed by atoms with van der Waals surface area (Å²) >= 11 is 0. The van der Waals surface area contributed by atoms with Crippen molar-refractivity contribution in [1.82, 2.24) is 14.9 Å². The number of nitrogens with zero attached hydrogens (tertiary/aromatic N) is 3. The lowest BCUT2D eigenvalue weighted by Gasteiger charge is -2.24. The van der Waals surface area contributed by atoms with Crippen LogP contribution in [-0.2, 0) is 14.3 Å². The van der Waals surface area contributed by atoms with Crippen molar-refractivity contribution >= 4 is 28.3 Å². The summed E-state index contributed by atoms with van der Waals surface area (Å²) in [6.07, 6.45) is 3.65. The minimum atomic E-state index is -0.671. The average Bonchev–Trinajstić information content (AvgIpc) is 2.93. The Morgan fingerprint density at radius 1 is 1.00 bits per heavy atom. The quantitative estimate of drug-likeness (QED) is 0.273. The molecule has 2 aromatic carbocycles. The van der Waals surface area contributed by atoms with Gasteiger partial charge in [-0.3, -0.25) is 9.59 Å². The van der Waals surface area contributed by atoms with Crippen LogP contribution >= 0.6 is 0 Å². The standard InChI is InChI=1S/C28H30N4O6/c1-32(10-9-23(33)18-7-5-4-6-8-18)22-16-24(34)21(14-25(22)35)31-28-19-13-26(37-3)27(38-12-11-36-2)15-20(19)29-17-30-28/h4-8,13-17,23,33H,9-12H2,1-3H3,(H,29,30,31). The summed E-state index contributed by atoms with van der Waals surface area (Å²) in [7, 11) is 4.83.